The molecule has 5 nitrogen and oxygen atoms in total. The zero-order chi connectivity index (χ0) is 17.5. The minimum Gasteiger partial charge on any atom is -0.388 e. The van der Waals surface area contributed by atoms with Crippen LogP contribution < -0.4 is 0 Å². The lowest BCUT2D eigenvalue weighted by molar-refractivity contribution is 0.0351. The van der Waals surface area contributed by atoms with Crippen LogP contribution in [-0.2, 0) is 6.54 Å². The maximum atomic E-state index is 12.7. The highest BCUT2D eigenvalue weighted by molar-refractivity contribution is 5.94. The monoisotopic (exact) mass is 327 g/mol. The third kappa shape index (κ3) is 3.22. The molecular weight excluding hydrogens is 302 g/mol. The molecule has 2 unspecified atom stereocenters. The molecule has 5 heteroatoms. The molecular formula is C19H25N3O2. The quantitative estimate of drug-likeness (QED) is 0.942. The molecule has 128 valence electrons. The van der Waals surface area contributed by atoms with E-state index in [1.165, 1.54) is 0 Å². The summed E-state index contributed by atoms with van der Waals surface area (Å²) in [6, 6.07) is 9.73. The summed E-state index contributed by atoms with van der Waals surface area (Å²) in [6.45, 7) is 9.40. The summed E-state index contributed by atoms with van der Waals surface area (Å²) >= 11 is 0. The van der Waals surface area contributed by atoms with Gasteiger partial charge in [0.25, 0.3) is 5.91 Å². The van der Waals surface area contributed by atoms with Crippen LogP contribution in [-0.4, -0.2) is 44.4 Å². The van der Waals surface area contributed by atoms with Crippen molar-refractivity contribution in [1.29, 1.82) is 0 Å². The second-order valence-corrected chi connectivity index (χ2v) is 7.23. The van der Waals surface area contributed by atoms with Gasteiger partial charge in [0.05, 0.1) is 17.8 Å². The van der Waals surface area contributed by atoms with Crippen molar-refractivity contribution >= 4 is 5.91 Å². The molecule has 0 spiro atoms. The second kappa shape index (κ2) is 6.06. The number of hydrogen-bond acceptors (Lipinski definition) is 3. The molecule has 3 rings (SSSR count). The summed E-state index contributed by atoms with van der Waals surface area (Å²) in [5.41, 5.74) is 3.00. The normalized spacial score (nSPS) is 23.7. The van der Waals surface area contributed by atoms with Crippen molar-refractivity contribution in [3.05, 3.63) is 52.8 Å². The first-order valence-electron chi connectivity index (χ1n) is 8.38. The fraction of sp³-hybridized carbons (Fsp3) is 0.474. The Morgan fingerprint density at radius 2 is 2.12 bits per heavy atom. The van der Waals surface area contributed by atoms with Crippen molar-refractivity contribution in [3.63, 3.8) is 0 Å². The van der Waals surface area contributed by atoms with Crippen LogP contribution >= 0.6 is 0 Å². The van der Waals surface area contributed by atoms with Crippen molar-refractivity contribution in [2.75, 3.05) is 13.1 Å². The number of likely N-dealkylation sites (tertiary alicyclic amines) is 1. The summed E-state index contributed by atoms with van der Waals surface area (Å²) in [5, 5.41) is 14.8. The third-order valence-corrected chi connectivity index (χ3v) is 4.96. The Kier molecular flexibility index (Phi) is 4.22. The highest BCUT2D eigenvalue weighted by atomic mass is 16.3. The van der Waals surface area contributed by atoms with E-state index in [1.807, 2.05) is 55.8 Å². The second-order valence-electron chi connectivity index (χ2n) is 7.23. The van der Waals surface area contributed by atoms with Crippen molar-refractivity contribution in [1.82, 2.24) is 14.7 Å². The Morgan fingerprint density at radius 1 is 1.38 bits per heavy atom. The Balaban J connectivity index is 1.78. The van der Waals surface area contributed by atoms with E-state index in [9.17, 15) is 9.90 Å². The van der Waals surface area contributed by atoms with E-state index in [0.29, 0.717) is 25.2 Å². The smallest absolute Gasteiger partial charge is 0.253 e. The molecule has 1 aliphatic rings. The summed E-state index contributed by atoms with van der Waals surface area (Å²) in [5.74, 6) is 0.0641. The van der Waals surface area contributed by atoms with Gasteiger partial charge in [0.1, 0.15) is 0 Å². The largest absolute Gasteiger partial charge is 0.388 e. The van der Waals surface area contributed by atoms with Gasteiger partial charge in [-0.05, 0) is 44.5 Å². The first kappa shape index (κ1) is 16.7. The fourth-order valence-corrected chi connectivity index (χ4v) is 3.28. The van der Waals surface area contributed by atoms with Gasteiger partial charge >= 0.3 is 0 Å². The number of β-amino-alcohol motifs (C(OH)–C–C–N with tert-alkyl or cyclic N) is 1. The van der Waals surface area contributed by atoms with E-state index in [2.05, 4.69) is 5.10 Å². The van der Waals surface area contributed by atoms with Crippen LogP contribution in [0.4, 0.5) is 0 Å². The molecule has 0 aliphatic carbocycles. The van der Waals surface area contributed by atoms with Gasteiger partial charge in [-0.1, -0.05) is 19.1 Å². The molecule has 24 heavy (non-hydrogen) atoms. The molecule has 0 radical (unpaired) electrons. The van der Waals surface area contributed by atoms with Gasteiger partial charge in [-0.3, -0.25) is 9.48 Å². The molecule has 1 aromatic carbocycles. The number of nitrogens with zero attached hydrogens (tertiary/aromatic N) is 3. The van der Waals surface area contributed by atoms with Gasteiger partial charge in [0.2, 0.25) is 0 Å². The van der Waals surface area contributed by atoms with Crippen LogP contribution in [0, 0.1) is 19.8 Å². The molecule has 0 bridgehead atoms. The summed E-state index contributed by atoms with van der Waals surface area (Å²) in [4.78, 5) is 14.5. The number of aryl methyl sites for hydroxylation is 2. The van der Waals surface area contributed by atoms with Gasteiger partial charge in [-0.15, -0.1) is 0 Å². The Morgan fingerprint density at radius 3 is 2.71 bits per heavy atom. The number of carbonyl (C=O) groups is 1. The Bertz CT molecular complexity index is 764. The maximum absolute atomic E-state index is 12.7. The number of aromatic nitrogens is 2. The zero-order valence-corrected chi connectivity index (χ0v) is 14.8. The van der Waals surface area contributed by atoms with Crippen LogP contribution in [0.1, 0.15) is 41.2 Å². The molecule has 2 atom stereocenters. The molecule has 1 aromatic heterocycles. The summed E-state index contributed by atoms with van der Waals surface area (Å²) in [7, 11) is 0. The van der Waals surface area contributed by atoms with Crippen LogP contribution in [0.3, 0.4) is 0 Å². The van der Waals surface area contributed by atoms with Gasteiger partial charge in [0, 0.05) is 30.3 Å². The predicted octanol–water partition coefficient (Wildman–Crippen LogP) is 2.39. The Hall–Kier alpha value is -2.14. The van der Waals surface area contributed by atoms with E-state index in [0.717, 1.165) is 17.0 Å². The van der Waals surface area contributed by atoms with Crippen molar-refractivity contribution < 1.29 is 9.90 Å². The summed E-state index contributed by atoms with van der Waals surface area (Å²) in [6.07, 6.45) is 0. The molecule has 1 saturated heterocycles. The summed E-state index contributed by atoms with van der Waals surface area (Å²) < 4.78 is 1.95. The number of aliphatic hydroxyl groups is 1. The Labute approximate surface area is 142 Å². The lowest BCUT2D eigenvalue weighted by Gasteiger charge is -2.20. The lowest BCUT2D eigenvalue weighted by Crippen LogP contribution is -2.35. The van der Waals surface area contributed by atoms with E-state index in [4.69, 9.17) is 0 Å². The first-order valence-corrected chi connectivity index (χ1v) is 8.38. The van der Waals surface area contributed by atoms with E-state index >= 15 is 0 Å². The average molecular weight is 327 g/mol. The van der Waals surface area contributed by atoms with Gasteiger partial charge in [0.15, 0.2) is 0 Å². The van der Waals surface area contributed by atoms with Crippen LogP contribution in [0.5, 0.6) is 0 Å². The van der Waals surface area contributed by atoms with Crippen LogP contribution in [0.25, 0.3) is 0 Å². The van der Waals surface area contributed by atoms with E-state index in [1.54, 1.807) is 11.8 Å². The fourth-order valence-electron chi connectivity index (χ4n) is 3.28. The van der Waals surface area contributed by atoms with Gasteiger partial charge < -0.3 is 10.0 Å². The van der Waals surface area contributed by atoms with Crippen molar-refractivity contribution in [3.8, 4) is 0 Å². The molecule has 2 heterocycles. The van der Waals surface area contributed by atoms with Crippen LogP contribution in [0.2, 0.25) is 0 Å². The highest BCUT2D eigenvalue weighted by Crippen LogP contribution is 2.28. The average Bonchev–Trinajstić information content (AvgIpc) is 2.97. The standard InChI is InChI=1S/C19H25N3O2/c1-13-10-21(12-19(13,4)24)18(23)17-7-5-6-16(9-17)11-22-15(3)8-14(2)20-22/h5-9,13,24H,10-12H2,1-4H3. The predicted molar refractivity (Wildman–Crippen MR) is 92.9 cm³/mol. The SMILES string of the molecule is Cc1cc(C)n(Cc2cccc(C(=O)N3CC(C)C(C)(O)C3)c2)n1. The van der Waals surface area contributed by atoms with Crippen molar-refractivity contribution in [2.45, 2.75) is 39.8 Å². The topological polar surface area (TPSA) is 58.4 Å². The van der Waals surface area contributed by atoms with E-state index in [-0.39, 0.29) is 11.8 Å². The number of hydrogen-bond donors (Lipinski definition) is 1. The molecule has 1 fully saturated rings. The number of carbonyl (C=O) groups excluding carboxylic acids is 1. The van der Waals surface area contributed by atoms with Crippen molar-refractivity contribution in [2.24, 2.45) is 5.92 Å². The lowest BCUT2D eigenvalue weighted by atomic mass is 9.95. The minimum absolute atomic E-state index is 0.0187. The molecule has 1 aliphatic heterocycles. The number of amides is 1. The highest BCUT2D eigenvalue weighted by Gasteiger charge is 2.40. The van der Waals surface area contributed by atoms with E-state index < -0.39 is 5.60 Å². The minimum atomic E-state index is -0.809. The maximum Gasteiger partial charge on any atom is 0.253 e. The van der Waals surface area contributed by atoms with Gasteiger partial charge in [-0.25, -0.2) is 0 Å². The molecule has 2 aromatic rings. The zero-order valence-electron chi connectivity index (χ0n) is 14.8. The van der Waals surface area contributed by atoms with Gasteiger partial charge in [-0.2, -0.15) is 5.10 Å². The van der Waals surface area contributed by atoms with Crippen LogP contribution in [0.15, 0.2) is 30.3 Å². The molecule has 1 N–H and O–H groups in total. The number of rotatable bonds is 3. The third-order valence-electron chi connectivity index (χ3n) is 4.96. The first-order chi connectivity index (χ1) is 11.3. The molecule has 1 amide bonds. The molecule has 0 saturated carbocycles. The number of benzene rings is 1.